The molecule has 1 unspecified atom stereocenters. The van der Waals surface area contributed by atoms with Crippen molar-refractivity contribution in [2.24, 2.45) is 5.73 Å². The van der Waals surface area contributed by atoms with Crippen molar-refractivity contribution in [3.63, 3.8) is 0 Å². The SMILES string of the molecule is Cc1cc(C)c(C(N)c2ccc(Cl)o2)cc1C. The molecular formula is C14H16ClNO. The van der Waals surface area contributed by atoms with Crippen molar-refractivity contribution in [2.45, 2.75) is 26.8 Å². The molecule has 17 heavy (non-hydrogen) atoms. The quantitative estimate of drug-likeness (QED) is 0.877. The third-order valence-electron chi connectivity index (χ3n) is 3.12. The Hall–Kier alpha value is -1.25. The van der Waals surface area contributed by atoms with Crippen LogP contribution in [0.3, 0.4) is 0 Å². The Morgan fingerprint density at radius 1 is 1.06 bits per heavy atom. The Balaban J connectivity index is 2.43. The number of hydrogen-bond acceptors (Lipinski definition) is 2. The van der Waals surface area contributed by atoms with Crippen LogP contribution in [0, 0.1) is 20.8 Å². The van der Waals surface area contributed by atoms with Gasteiger partial charge in [0.2, 0.25) is 0 Å². The van der Waals surface area contributed by atoms with Crippen LogP contribution in [0.15, 0.2) is 28.7 Å². The molecule has 2 N–H and O–H groups in total. The van der Waals surface area contributed by atoms with E-state index in [-0.39, 0.29) is 6.04 Å². The summed E-state index contributed by atoms with van der Waals surface area (Å²) in [6.45, 7) is 6.24. The third kappa shape index (κ3) is 2.38. The molecule has 0 bridgehead atoms. The summed E-state index contributed by atoms with van der Waals surface area (Å²) in [6, 6.07) is 7.54. The predicted molar refractivity (Wildman–Crippen MR) is 70.4 cm³/mol. The van der Waals surface area contributed by atoms with E-state index in [4.69, 9.17) is 21.8 Å². The average molecular weight is 250 g/mol. The number of hydrogen-bond donors (Lipinski definition) is 1. The number of aryl methyl sites for hydroxylation is 3. The smallest absolute Gasteiger partial charge is 0.193 e. The second-order valence-electron chi connectivity index (χ2n) is 4.41. The Bertz CT molecular complexity index is 545. The Morgan fingerprint density at radius 2 is 1.71 bits per heavy atom. The molecule has 0 amide bonds. The van der Waals surface area contributed by atoms with Crippen LogP contribution in [0.5, 0.6) is 0 Å². The first kappa shape index (κ1) is 12.2. The molecule has 1 heterocycles. The average Bonchev–Trinajstić information content (AvgIpc) is 2.69. The van der Waals surface area contributed by atoms with E-state index in [1.54, 1.807) is 6.07 Å². The van der Waals surface area contributed by atoms with Gasteiger partial charge in [-0.05, 0) is 66.8 Å². The first-order valence-corrected chi connectivity index (χ1v) is 5.95. The molecule has 1 atom stereocenters. The largest absolute Gasteiger partial charge is 0.448 e. The minimum absolute atomic E-state index is 0.262. The van der Waals surface area contributed by atoms with Gasteiger partial charge < -0.3 is 10.2 Å². The predicted octanol–water partition coefficient (Wildman–Crippen LogP) is 3.91. The molecule has 0 radical (unpaired) electrons. The fourth-order valence-corrected chi connectivity index (χ4v) is 2.12. The van der Waals surface area contributed by atoms with Gasteiger partial charge in [0, 0.05) is 0 Å². The van der Waals surface area contributed by atoms with E-state index < -0.39 is 0 Å². The summed E-state index contributed by atoms with van der Waals surface area (Å²) in [5.74, 6) is 0.696. The van der Waals surface area contributed by atoms with Crippen molar-refractivity contribution in [3.05, 3.63) is 57.5 Å². The number of benzene rings is 1. The molecule has 3 heteroatoms. The molecule has 0 aliphatic carbocycles. The lowest BCUT2D eigenvalue weighted by atomic mass is 9.95. The van der Waals surface area contributed by atoms with Crippen LogP contribution in [-0.2, 0) is 0 Å². The Labute approximate surface area is 106 Å². The van der Waals surface area contributed by atoms with Crippen molar-refractivity contribution >= 4 is 11.6 Å². The maximum atomic E-state index is 6.20. The van der Waals surface area contributed by atoms with Crippen molar-refractivity contribution in [3.8, 4) is 0 Å². The minimum atomic E-state index is -0.262. The highest BCUT2D eigenvalue weighted by atomic mass is 35.5. The summed E-state index contributed by atoms with van der Waals surface area (Å²) in [7, 11) is 0. The molecule has 2 aromatic rings. The summed E-state index contributed by atoms with van der Waals surface area (Å²) >= 11 is 5.77. The second kappa shape index (κ2) is 4.55. The molecule has 90 valence electrons. The van der Waals surface area contributed by atoms with Crippen LogP contribution >= 0.6 is 11.6 Å². The summed E-state index contributed by atoms with van der Waals surface area (Å²) in [5.41, 5.74) is 11.0. The van der Waals surface area contributed by atoms with Gasteiger partial charge in [-0.25, -0.2) is 0 Å². The summed E-state index contributed by atoms with van der Waals surface area (Å²) in [5, 5.41) is 0.372. The molecule has 0 saturated heterocycles. The van der Waals surface area contributed by atoms with Gasteiger partial charge in [0.25, 0.3) is 0 Å². The molecule has 1 aromatic heterocycles. The van der Waals surface area contributed by atoms with E-state index in [1.165, 1.54) is 16.7 Å². The first-order chi connectivity index (χ1) is 7.99. The van der Waals surface area contributed by atoms with Crippen molar-refractivity contribution in [1.29, 1.82) is 0 Å². The molecule has 0 saturated carbocycles. The standard InChI is InChI=1S/C14H16ClNO/c1-8-6-10(3)11(7-9(8)2)14(16)12-4-5-13(15)17-12/h4-7,14H,16H2,1-3H3. The second-order valence-corrected chi connectivity index (χ2v) is 4.79. The summed E-state index contributed by atoms with van der Waals surface area (Å²) in [4.78, 5) is 0. The zero-order valence-electron chi connectivity index (χ0n) is 10.3. The maximum Gasteiger partial charge on any atom is 0.193 e. The zero-order valence-corrected chi connectivity index (χ0v) is 11.0. The number of rotatable bonds is 2. The highest BCUT2D eigenvalue weighted by molar-refractivity contribution is 6.28. The number of nitrogens with two attached hydrogens (primary N) is 1. The molecule has 2 rings (SSSR count). The number of halogens is 1. The van der Waals surface area contributed by atoms with Gasteiger partial charge in [0.15, 0.2) is 5.22 Å². The van der Waals surface area contributed by atoms with Crippen molar-refractivity contribution in [2.75, 3.05) is 0 Å². The molecular weight excluding hydrogens is 234 g/mol. The highest BCUT2D eigenvalue weighted by Crippen LogP contribution is 2.27. The lowest BCUT2D eigenvalue weighted by Crippen LogP contribution is -2.13. The monoisotopic (exact) mass is 249 g/mol. The maximum absolute atomic E-state index is 6.20. The summed E-state index contributed by atoms with van der Waals surface area (Å²) in [6.07, 6.45) is 0. The van der Waals surface area contributed by atoms with Crippen molar-refractivity contribution in [1.82, 2.24) is 0 Å². The van der Waals surface area contributed by atoms with Crippen LogP contribution < -0.4 is 5.73 Å². The van der Waals surface area contributed by atoms with E-state index in [1.807, 2.05) is 6.07 Å². The van der Waals surface area contributed by atoms with Gasteiger partial charge in [0.05, 0.1) is 6.04 Å². The number of furan rings is 1. The lowest BCUT2D eigenvalue weighted by molar-refractivity contribution is 0.491. The van der Waals surface area contributed by atoms with E-state index >= 15 is 0 Å². The fraction of sp³-hybridized carbons (Fsp3) is 0.286. The molecule has 0 aliphatic heterocycles. The third-order valence-corrected chi connectivity index (χ3v) is 3.32. The first-order valence-electron chi connectivity index (χ1n) is 5.57. The van der Waals surface area contributed by atoms with Crippen LogP contribution in [0.25, 0.3) is 0 Å². The molecule has 0 spiro atoms. The van der Waals surface area contributed by atoms with Gasteiger partial charge in [-0.1, -0.05) is 12.1 Å². The van der Waals surface area contributed by atoms with Gasteiger partial charge in [-0.3, -0.25) is 0 Å². The van der Waals surface area contributed by atoms with Gasteiger partial charge in [-0.15, -0.1) is 0 Å². The van der Waals surface area contributed by atoms with E-state index in [9.17, 15) is 0 Å². The molecule has 0 fully saturated rings. The van der Waals surface area contributed by atoms with Crippen LogP contribution in [0.4, 0.5) is 0 Å². The van der Waals surface area contributed by atoms with Gasteiger partial charge >= 0.3 is 0 Å². The molecule has 0 aliphatic rings. The zero-order chi connectivity index (χ0) is 12.6. The van der Waals surface area contributed by atoms with Gasteiger partial charge in [0.1, 0.15) is 5.76 Å². The van der Waals surface area contributed by atoms with Gasteiger partial charge in [-0.2, -0.15) is 0 Å². The lowest BCUT2D eigenvalue weighted by Gasteiger charge is -2.15. The Morgan fingerprint density at radius 3 is 2.29 bits per heavy atom. The Kier molecular flexibility index (Phi) is 3.27. The van der Waals surface area contributed by atoms with Crippen LogP contribution in [-0.4, -0.2) is 0 Å². The van der Waals surface area contributed by atoms with E-state index in [0.717, 1.165) is 5.56 Å². The van der Waals surface area contributed by atoms with Crippen LogP contribution in [0.2, 0.25) is 5.22 Å². The molecule has 1 aromatic carbocycles. The topological polar surface area (TPSA) is 39.2 Å². The fourth-order valence-electron chi connectivity index (χ4n) is 1.97. The molecule has 2 nitrogen and oxygen atoms in total. The van der Waals surface area contributed by atoms with E-state index in [2.05, 4.69) is 32.9 Å². The van der Waals surface area contributed by atoms with E-state index in [0.29, 0.717) is 11.0 Å². The highest BCUT2D eigenvalue weighted by Gasteiger charge is 2.15. The van der Waals surface area contributed by atoms with Crippen molar-refractivity contribution < 1.29 is 4.42 Å². The van der Waals surface area contributed by atoms with Crippen LogP contribution in [0.1, 0.15) is 34.1 Å². The minimum Gasteiger partial charge on any atom is -0.448 e. The summed E-state index contributed by atoms with van der Waals surface area (Å²) < 4.78 is 5.37. The normalized spacial score (nSPS) is 12.8.